The fourth-order valence-corrected chi connectivity index (χ4v) is 5.14. The number of aromatic nitrogens is 2. The maximum absolute atomic E-state index is 12.4. The van der Waals surface area contributed by atoms with Gasteiger partial charge in [-0.15, -0.1) is 0 Å². The summed E-state index contributed by atoms with van der Waals surface area (Å²) in [6.07, 6.45) is -2.74. The van der Waals surface area contributed by atoms with Gasteiger partial charge in [0.05, 0.1) is 13.2 Å². The van der Waals surface area contributed by atoms with Crippen molar-refractivity contribution in [1.29, 1.82) is 0 Å². The number of aliphatic hydroxyl groups excluding tert-OH is 2. The zero-order valence-corrected chi connectivity index (χ0v) is 19.2. The summed E-state index contributed by atoms with van der Waals surface area (Å²) in [5, 5.41) is 27.3. The predicted octanol–water partition coefficient (Wildman–Crippen LogP) is 2.83. The van der Waals surface area contributed by atoms with E-state index >= 15 is 0 Å². The molecule has 0 saturated carbocycles. The van der Waals surface area contributed by atoms with Gasteiger partial charge in [-0.1, -0.05) is 60.7 Å². The minimum Gasteiger partial charge on any atom is -0.394 e. The first kappa shape index (κ1) is 22.6. The van der Waals surface area contributed by atoms with Crippen LogP contribution >= 0.6 is 0 Å². The van der Waals surface area contributed by atoms with Crippen LogP contribution in [0.1, 0.15) is 11.8 Å². The highest BCUT2D eigenvalue weighted by Gasteiger charge is 2.45. The summed E-state index contributed by atoms with van der Waals surface area (Å²) in [6.45, 7) is -0.292. The molecule has 5 aromatic rings. The van der Waals surface area contributed by atoms with E-state index in [0.29, 0.717) is 0 Å². The Morgan fingerprint density at radius 1 is 0.861 bits per heavy atom. The molecule has 2 heterocycles. The number of fused-ring (bicyclic) bond motifs is 6. The van der Waals surface area contributed by atoms with E-state index in [9.17, 15) is 19.8 Å². The second kappa shape index (κ2) is 9.00. The second-order valence-corrected chi connectivity index (χ2v) is 9.00. The van der Waals surface area contributed by atoms with Gasteiger partial charge < -0.3 is 19.7 Å². The fourth-order valence-electron chi connectivity index (χ4n) is 5.14. The molecule has 3 N–H and O–H groups in total. The van der Waals surface area contributed by atoms with Crippen molar-refractivity contribution in [3.05, 3.63) is 105 Å². The van der Waals surface area contributed by atoms with E-state index in [1.54, 1.807) is 0 Å². The van der Waals surface area contributed by atoms with Crippen LogP contribution in [0.3, 0.4) is 0 Å². The SMILES string of the molecule is O=c1ccn([C@@H]2O[C@H](CO)[C@@H](O)[C@H]2OCc2ccc3c4ccccc4c4ccccc4c3c2)c(=O)[nH]1. The lowest BCUT2D eigenvalue weighted by Gasteiger charge is -2.22. The van der Waals surface area contributed by atoms with Crippen molar-refractivity contribution in [2.45, 2.75) is 31.1 Å². The van der Waals surface area contributed by atoms with Crippen LogP contribution in [0.5, 0.6) is 0 Å². The third kappa shape index (κ3) is 3.71. The summed E-state index contributed by atoms with van der Waals surface area (Å²) in [6, 6.07) is 23.9. The summed E-state index contributed by atoms with van der Waals surface area (Å²) in [5.41, 5.74) is -0.340. The van der Waals surface area contributed by atoms with Crippen LogP contribution in [0.15, 0.2) is 88.6 Å². The third-order valence-electron chi connectivity index (χ3n) is 6.87. The molecule has 4 aromatic carbocycles. The van der Waals surface area contributed by atoms with Crippen molar-refractivity contribution in [3.8, 4) is 0 Å². The molecule has 0 amide bonds. The number of H-pyrrole nitrogens is 1. The van der Waals surface area contributed by atoms with Crippen LogP contribution in [0.25, 0.3) is 32.3 Å². The van der Waals surface area contributed by atoms with Crippen LogP contribution in [0.2, 0.25) is 0 Å². The van der Waals surface area contributed by atoms with E-state index in [2.05, 4.69) is 41.4 Å². The maximum atomic E-state index is 12.4. The molecular formula is C28H24N2O6. The molecule has 1 aromatic heterocycles. The van der Waals surface area contributed by atoms with Gasteiger partial charge in [0.2, 0.25) is 0 Å². The van der Waals surface area contributed by atoms with E-state index in [0.717, 1.165) is 26.3 Å². The van der Waals surface area contributed by atoms with Gasteiger partial charge in [0.15, 0.2) is 6.23 Å². The van der Waals surface area contributed by atoms with Gasteiger partial charge in [0, 0.05) is 12.3 Å². The molecule has 1 fully saturated rings. The van der Waals surface area contributed by atoms with E-state index in [4.69, 9.17) is 9.47 Å². The van der Waals surface area contributed by atoms with Crippen molar-refractivity contribution >= 4 is 32.3 Å². The van der Waals surface area contributed by atoms with Crippen LogP contribution in [0.4, 0.5) is 0 Å². The van der Waals surface area contributed by atoms with Gasteiger partial charge in [0.1, 0.15) is 18.3 Å². The lowest BCUT2D eigenvalue weighted by atomic mass is 9.93. The molecule has 8 nitrogen and oxygen atoms in total. The van der Waals surface area contributed by atoms with Gasteiger partial charge in [0.25, 0.3) is 5.56 Å². The van der Waals surface area contributed by atoms with Crippen LogP contribution in [-0.2, 0) is 16.1 Å². The predicted molar refractivity (Wildman–Crippen MR) is 136 cm³/mol. The van der Waals surface area contributed by atoms with E-state index in [1.807, 2.05) is 30.3 Å². The molecule has 4 atom stereocenters. The Morgan fingerprint density at radius 3 is 2.08 bits per heavy atom. The highest BCUT2D eigenvalue weighted by molar-refractivity contribution is 6.25. The van der Waals surface area contributed by atoms with Crippen molar-refractivity contribution in [2.24, 2.45) is 0 Å². The molecule has 0 unspecified atom stereocenters. The summed E-state index contributed by atoms with van der Waals surface area (Å²) < 4.78 is 13.0. The first-order valence-corrected chi connectivity index (χ1v) is 11.7. The molecular weight excluding hydrogens is 460 g/mol. The first-order valence-electron chi connectivity index (χ1n) is 11.7. The number of aliphatic hydroxyl groups is 2. The average Bonchev–Trinajstić information content (AvgIpc) is 3.22. The monoisotopic (exact) mass is 484 g/mol. The Hall–Kier alpha value is -3.82. The standard InChI is InChI=1S/C28H24N2O6/c31-14-23-25(33)26(27(36-23)30-12-11-24(32)29-28(30)34)35-15-16-9-10-21-19-7-2-1-5-17(19)18-6-3-4-8-20(18)22(21)13-16/h1-13,23,25-27,31,33H,14-15H2,(H,29,32,34)/t23-,25-,26-,27-/m1/s1. The van der Waals surface area contributed by atoms with Crippen LogP contribution in [-0.4, -0.2) is 44.7 Å². The smallest absolute Gasteiger partial charge is 0.330 e. The lowest BCUT2D eigenvalue weighted by molar-refractivity contribution is -0.0797. The molecule has 1 aliphatic heterocycles. The van der Waals surface area contributed by atoms with Crippen LogP contribution in [0, 0.1) is 0 Å². The van der Waals surface area contributed by atoms with Crippen LogP contribution < -0.4 is 11.2 Å². The van der Waals surface area contributed by atoms with Crippen molar-refractivity contribution in [2.75, 3.05) is 6.61 Å². The number of hydrogen-bond donors (Lipinski definition) is 3. The normalized spacial score (nSPS) is 22.1. The topological polar surface area (TPSA) is 114 Å². The first-order chi connectivity index (χ1) is 17.5. The van der Waals surface area contributed by atoms with E-state index < -0.39 is 42.4 Å². The number of aromatic amines is 1. The molecule has 0 spiro atoms. The third-order valence-corrected chi connectivity index (χ3v) is 6.87. The number of hydrogen-bond acceptors (Lipinski definition) is 6. The Morgan fingerprint density at radius 2 is 1.47 bits per heavy atom. The van der Waals surface area contributed by atoms with E-state index in [-0.39, 0.29) is 6.61 Å². The molecule has 8 heteroatoms. The maximum Gasteiger partial charge on any atom is 0.330 e. The Bertz CT molecular complexity index is 1670. The Kier molecular flexibility index (Phi) is 5.66. The average molecular weight is 485 g/mol. The summed E-state index contributed by atoms with van der Waals surface area (Å²) >= 11 is 0. The number of benzene rings is 4. The van der Waals surface area contributed by atoms with Crippen molar-refractivity contribution in [3.63, 3.8) is 0 Å². The second-order valence-electron chi connectivity index (χ2n) is 9.00. The van der Waals surface area contributed by atoms with Gasteiger partial charge in [-0.2, -0.15) is 0 Å². The quantitative estimate of drug-likeness (QED) is 0.331. The molecule has 0 aliphatic carbocycles. The fraction of sp³-hybridized carbons (Fsp3) is 0.214. The number of nitrogens with one attached hydrogen (secondary N) is 1. The number of ether oxygens (including phenoxy) is 2. The van der Waals surface area contributed by atoms with Crippen molar-refractivity contribution < 1.29 is 19.7 Å². The molecule has 0 bridgehead atoms. The number of nitrogens with zero attached hydrogens (tertiary/aromatic N) is 1. The molecule has 182 valence electrons. The van der Waals surface area contributed by atoms with Gasteiger partial charge in [-0.3, -0.25) is 14.3 Å². The van der Waals surface area contributed by atoms with Crippen molar-refractivity contribution in [1.82, 2.24) is 9.55 Å². The highest BCUT2D eigenvalue weighted by atomic mass is 16.6. The number of rotatable bonds is 5. The Balaban J connectivity index is 1.37. The zero-order chi connectivity index (χ0) is 24.8. The molecule has 1 saturated heterocycles. The van der Waals surface area contributed by atoms with E-state index in [1.165, 1.54) is 28.4 Å². The summed E-state index contributed by atoms with van der Waals surface area (Å²) in [4.78, 5) is 26.0. The van der Waals surface area contributed by atoms with Gasteiger partial charge in [-0.25, -0.2) is 4.79 Å². The molecule has 36 heavy (non-hydrogen) atoms. The van der Waals surface area contributed by atoms with Gasteiger partial charge >= 0.3 is 5.69 Å². The summed E-state index contributed by atoms with van der Waals surface area (Å²) in [5.74, 6) is 0. The van der Waals surface area contributed by atoms with Gasteiger partial charge in [-0.05, 0) is 43.9 Å². The minimum atomic E-state index is -1.16. The zero-order valence-electron chi connectivity index (χ0n) is 19.2. The largest absolute Gasteiger partial charge is 0.394 e. The molecule has 1 aliphatic rings. The molecule has 6 rings (SSSR count). The lowest BCUT2D eigenvalue weighted by Crippen LogP contribution is -2.39. The highest BCUT2D eigenvalue weighted by Crippen LogP contribution is 2.36. The molecule has 0 radical (unpaired) electrons. The minimum absolute atomic E-state index is 0.148. The summed E-state index contributed by atoms with van der Waals surface area (Å²) in [7, 11) is 0. The Labute approximate surface area is 205 Å².